The largest absolute Gasteiger partial charge is 0.375 e. The lowest BCUT2D eigenvalue weighted by Gasteiger charge is -2.19. The number of rotatable bonds is 5. The van der Waals surface area contributed by atoms with Gasteiger partial charge in [-0.2, -0.15) is 0 Å². The van der Waals surface area contributed by atoms with Gasteiger partial charge in [0.15, 0.2) is 5.13 Å². The van der Waals surface area contributed by atoms with Gasteiger partial charge in [0, 0.05) is 13.1 Å². The third-order valence-electron chi connectivity index (χ3n) is 2.38. The van der Waals surface area contributed by atoms with Crippen LogP contribution in [-0.4, -0.2) is 41.3 Å². The summed E-state index contributed by atoms with van der Waals surface area (Å²) >= 11 is 1.15. The fraction of sp³-hybridized carbons (Fsp3) is 0.545. The normalized spacial score (nSPS) is 10.2. The zero-order valence-electron chi connectivity index (χ0n) is 10.8. The molecule has 0 spiro atoms. The van der Waals surface area contributed by atoms with Crippen molar-refractivity contribution in [2.45, 2.75) is 20.8 Å². The molecule has 3 N–H and O–H groups in total. The molecule has 0 aliphatic heterocycles. The quantitative estimate of drug-likeness (QED) is 0.821. The number of thiazole rings is 1. The van der Waals surface area contributed by atoms with Gasteiger partial charge in [0.1, 0.15) is 4.88 Å². The van der Waals surface area contributed by atoms with Crippen LogP contribution in [-0.2, 0) is 4.79 Å². The third kappa shape index (κ3) is 3.43. The van der Waals surface area contributed by atoms with Crippen LogP contribution in [0.5, 0.6) is 0 Å². The molecular weight excluding hydrogens is 252 g/mol. The fourth-order valence-corrected chi connectivity index (χ4v) is 2.31. The molecule has 1 heterocycles. The van der Waals surface area contributed by atoms with Crippen molar-refractivity contribution in [1.82, 2.24) is 15.2 Å². The Morgan fingerprint density at radius 1 is 1.44 bits per heavy atom. The van der Waals surface area contributed by atoms with Crippen molar-refractivity contribution < 1.29 is 9.59 Å². The number of likely N-dealkylation sites (N-methyl/N-ethyl adjacent to an activating group) is 2. The summed E-state index contributed by atoms with van der Waals surface area (Å²) in [5.41, 5.74) is 6.17. The van der Waals surface area contributed by atoms with Crippen molar-refractivity contribution in [2.24, 2.45) is 0 Å². The summed E-state index contributed by atoms with van der Waals surface area (Å²) in [4.78, 5) is 29.7. The van der Waals surface area contributed by atoms with Crippen molar-refractivity contribution in [3.63, 3.8) is 0 Å². The first kappa shape index (κ1) is 14.4. The lowest BCUT2D eigenvalue weighted by Crippen LogP contribution is -2.40. The molecule has 0 radical (unpaired) electrons. The molecule has 2 amide bonds. The molecule has 18 heavy (non-hydrogen) atoms. The number of amides is 2. The van der Waals surface area contributed by atoms with Crippen molar-refractivity contribution in [2.75, 3.05) is 25.4 Å². The second kappa shape index (κ2) is 6.34. The summed E-state index contributed by atoms with van der Waals surface area (Å²) in [6.45, 7) is 6.48. The van der Waals surface area contributed by atoms with Crippen LogP contribution in [0.2, 0.25) is 0 Å². The summed E-state index contributed by atoms with van der Waals surface area (Å²) in [6.07, 6.45) is 0. The van der Waals surface area contributed by atoms with Gasteiger partial charge in [-0.1, -0.05) is 11.3 Å². The van der Waals surface area contributed by atoms with E-state index in [1.165, 1.54) is 4.90 Å². The molecule has 1 rings (SSSR count). The first-order valence-electron chi connectivity index (χ1n) is 5.78. The number of nitrogens with one attached hydrogen (secondary N) is 1. The van der Waals surface area contributed by atoms with E-state index in [0.717, 1.165) is 11.3 Å². The second-order valence-corrected chi connectivity index (χ2v) is 4.77. The van der Waals surface area contributed by atoms with Gasteiger partial charge in [0.2, 0.25) is 5.91 Å². The number of carbonyl (C=O) groups is 2. The maximum Gasteiger partial charge on any atom is 0.266 e. The lowest BCUT2D eigenvalue weighted by molar-refractivity contribution is -0.121. The Kier molecular flexibility index (Phi) is 5.08. The van der Waals surface area contributed by atoms with Gasteiger partial charge in [-0.15, -0.1) is 0 Å². The summed E-state index contributed by atoms with van der Waals surface area (Å²) in [6, 6.07) is 0. The number of nitrogens with two attached hydrogens (primary N) is 1. The monoisotopic (exact) mass is 270 g/mol. The zero-order chi connectivity index (χ0) is 13.7. The Bertz CT molecular complexity index is 444. The Hall–Kier alpha value is -1.63. The molecule has 0 bridgehead atoms. The fourth-order valence-electron chi connectivity index (χ4n) is 1.51. The maximum absolute atomic E-state index is 12.2. The molecule has 1 aromatic rings. The molecule has 0 saturated heterocycles. The molecule has 0 unspecified atom stereocenters. The lowest BCUT2D eigenvalue weighted by atomic mass is 10.3. The van der Waals surface area contributed by atoms with E-state index in [9.17, 15) is 9.59 Å². The third-order valence-corrected chi connectivity index (χ3v) is 3.36. The number of carbonyl (C=O) groups excluding carboxylic acids is 2. The van der Waals surface area contributed by atoms with E-state index in [4.69, 9.17) is 5.73 Å². The minimum Gasteiger partial charge on any atom is -0.375 e. The van der Waals surface area contributed by atoms with E-state index < -0.39 is 0 Å². The molecule has 0 aliphatic rings. The molecule has 6 nitrogen and oxygen atoms in total. The highest BCUT2D eigenvalue weighted by Crippen LogP contribution is 2.21. The van der Waals surface area contributed by atoms with Crippen LogP contribution in [0.1, 0.15) is 29.2 Å². The minimum atomic E-state index is -0.199. The van der Waals surface area contributed by atoms with Crippen LogP contribution in [0.3, 0.4) is 0 Å². The topological polar surface area (TPSA) is 88.3 Å². The Morgan fingerprint density at radius 2 is 2.11 bits per heavy atom. The smallest absolute Gasteiger partial charge is 0.266 e. The van der Waals surface area contributed by atoms with Gasteiger partial charge in [0.25, 0.3) is 5.91 Å². The molecule has 0 aliphatic carbocycles. The number of aryl methyl sites for hydroxylation is 1. The first-order chi connectivity index (χ1) is 8.49. The Labute approximate surface area is 110 Å². The van der Waals surface area contributed by atoms with Crippen molar-refractivity contribution in [1.29, 1.82) is 0 Å². The summed E-state index contributed by atoms with van der Waals surface area (Å²) < 4.78 is 0. The number of hydrogen-bond donors (Lipinski definition) is 2. The van der Waals surface area contributed by atoms with Crippen LogP contribution in [0, 0.1) is 6.92 Å². The molecule has 0 fully saturated rings. The van der Waals surface area contributed by atoms with Gasteiger partial charge in [-0.25, -0.2) is 4.98 Å². The van der Waals surface area contributed by atoms with Crippen molar-refractivity contribution in [3.05, 3.63) is 10.6 Å². The first-order valence-corrected chi connectivity index (χ1v) is 6.60. The van der Waals surface area contributed by atoms with Crippen LogP contribution < -0.4 is 11.1 Å². The molecule has 100 valence electrons. The van der Waals surface area contributed by atoms with Gasteiger partial charge >= 0.3 is 0 Å². The van der Waals surface area contributed by atoms with Gasteiger partial charge < -0.3 is 16.0 Å². The summed E-state index contributed by atoms with van der Waals surface area (Å²) in [7, 11) is 0. The van der Waals surface area contributed by atoms with E-state index in [-0.39, 0.29) is 18.4 Å². The van der Waals surface area contributed by atoms with Crippen LogP contribution in [0.4, 0.5) is 5.13 Å². The highest BCUT2D eigenvalue weighted by Gasteiger charge is 2.21. The molecule has 0 aromatic carbocycles. The maximum atomic E-state index is 12.2. The number of hydrogen-bond acceptors (Lipinski definition) is 5. The van der Waals surface area contributed by atoms with Crippen LogP contribution in [0.25, 0.3) is 0 Å². The van der Waals surface area contributed by atoms with Crippen molar-refractivity contribution in [3.8, 4) is 0 Å². The second-order valence-electron chi connectivity index (χ2n) is 3.74. The molecule has 7 heteroatoms. The molecule has 1 aromatic heterocycles. The molecule has 0 atom stereocenters. The van der Waals surface area contributed by atoms with E-state index in [2.05, 4.69) is 10.3 Å². The van der Waals surface area contributed by atoms with Crippen LogP contribution >= 0.6 is 11.3 Å². The van der Waals surface area contributed by atoms with E-state index in [0.29, 0.717) is 28.8 Å². The van der Waals surface area contributed by atoms with Crippen molar-refractivity contribution >= 4 is 28.3 Å². The highest BCUT2D eigenvalue weighted by atomic mass is 32.1. The van der Waals surface area contributed by atoms with Crippen LogP contribution in [0.15, 0.2) is 0 Å². The summed E-state index contributed by atoms with van der Waals surface area (Å²) in [5.74, 6) is -0.363. The van der Waals surface area contributed by atoms with Gasteiger partial charge in [-0.3, -0.25) is 9.59 Å². The predicted octanol–water partition coefficient (Wildman–Crippen LogP) is 0.632. The number of nitrogen functional groups attached to an aromatic ring is 1. The number of anilines is 1. The van der Waals surface area contributed by atoms with Gasteiger partial charge in [0.05, 0.1) is 12.2 Å². The zero-order valence-corrected chi connectivity index (χ0v) is 11.6. The standard InChI is InChI=1S/C11H18N4O2S/c1-4-13-8(16)6-15(5-2)10(17)9-7(3)14-11(12)18-9/h4-6H2,1-3H3,(H2,12,14)(H,13,16). The average molecular weight is 270 g/mol. The van der Waals surface area contributed by atoms with Gasteiger partial charge in [-0.05, 0) is 20.8 Å². The summed E-state index contributed by atoms with van der Waals surface area (Å²) in [5, 5.41) is 3.03. The Balaban J connectivity index is 2.79. The predicted molar refractivity (Wildman–Crippen MR) is 71.5 cm³/mol. The van der Waals surface area contributed by atoms with E-state index in [1.54, 1.807) is 6.92 Å². The SMILES string of the molecule is CCNC(=O)CN(CC)C(=O)c1sc(N)nc1C. The average Bonchev–Trinajstić information content (AvgIpc) is 2.65. The minimum absolute atomic E-state index is 0.0560. The molecular formula is C11H18N4O2S. The Morgan fingerprint density at radius 3 is 2.56 bits per heavy atom. The number of nitrogens with zero attached hydrogens (tertiary/aromatic N) is 2. The molecule has 0 saturated carbocycles. The van der Waals surface area contributed by atoms with E-state index in [1.807, 2.05) is 13.8 Å². The number of aromatic nitrogens is 1. The highest BCUT2D eigenvalue weighted by molar-refractivity contribution is 7.17. The van der Waals surface area contributed by atoms with E-state index >= 15 is 0 Å².